The van der Waals surface area contributed by atoms with Gasteiger partial charge in [-0.1, -0.05) is 37.3 Å². The molecule has 1 saturated heterocycles. The molecule has 0 aromatic heterocycles. The Morgan fingerprint density at radius 3 is 2.65 bits per heavy atom. The summed E-state index contributed by atoms with van der Waals surface area (Å²) in [4.78, 5) is 6.90. The van der Waals surface area contributed by atoms with Gasteiger partial charge in [0.1, 0.15) is 0 Å². The largest absolute Gasteiger partial charge is 0.377 e. The van der Waals surface area contributed by atoms with Gasteiger partial charge in [-0.25, -0.2) is 0 Å². The summed E-state index contributed by atoms with van der Waals surface area (Å²) < 4.78 is 5.73. The second-order valence-corrected chi connectivity index (χ2v) is 7.52. The monoisotopic (exact) mass is 360 g/mol. The van der Waals surface area contributed by atoms with E-state index in [0.717, 1.165) is 45.0 Å². The number of benzene rings is 1. The summed E-state index contributed by atoms with van der Waals surface area (Å²) >= 11 is 0. The summed E-state index contributed by atoms with van der Waals surface area (Å²) in [7, 11) is 1.85. The Labute approximate surface area is 159 Å². The summed E-state index contributed by atoms with van der Waals surface area (Å²) in [6.07, 6.45) is 2.13. The van der Waals surface area contributed by atoms with Gasteiger partial charge in [0.15, 0.2) is 5.96 Å². The van der Waals surface area contributed by atoms with Gasteiger partial charge in [0.25, 0.3) is 0 Å². The van der Waals surface area contributed by atoms with Crippen LogP contribution in [-0.4, -0.2) is 56.2 Å². The molecule has 5 nitrogen and oxygen atoms in total. The smallest absolute Gasteiger partial charge is 0.191 e. The molecule has 0 saturated carbocycles. The fraction of sp³-hybridized carbons (Fsp3) is 0.667. The first-order chi connectivity index (χ1) is 12.6. The lowest BCUT2D eigenvalue weighted by molar-refractivity contribution is 0.117. The van der Waals surface area contributed by atoms with E-state index in [1.807, 2.05) is 25.2 Å². The van der Waals surface area contributed by atoms with Crippen molar-refractivity contribution < 1.29 is 4.74 Å². The second kappa shape index (κ2) is 11.2. The molecule has 1 heterocycles. The van der Waals surface area contributed by atoms with Crippen molar-refractivity contribution in [2.45, 2.75) is 52.3 Å². The summed E-state index contributed by atoms with van der Waals surface area (Å²) in [5, 5.41) is 7.02. The molecule has 146 valence electrons. The second-order valence-electron chi connectivity index (χ2n) is 7.52. The topological polar surface area (TPSA) is 48.9 Å². The average molecular weight is 361 g/mol. The number of nitrogens with one attached hydrogen (secondary N) is 2. The van der Waals surface area contributed by atoms with Crippen molar-refractivity contribution >= 4 is 5.96 Å². The fourth-order valence-corrected chi connectivity index (χ4v) is 3.28. The standard InChI is InChI=1S/C21H36N4O/c1-17(2)25-14-18(3)20(15-25)24-21(22-4)23-12-8-9-13-26-16-19-10-6-5-7-11-19/h5-7,10-11,17-18,20H,8-9,12-16H2,1-4H3,(H2,22,23,24). The molecule has 0 aliphatic carbocycles. The molecule has 5 heteroatoms. The zero-order valence-corrected chi connectivity index (χ0v) is 16.9. The molecule has 2 atom stereocenters. The summed E-state index contributed by atoms with van der Waals surface area (Å²) in [6.45, 7) is 11.5. The number of guanidine groups is 1. The van der Waals surface area contributed by atoms with Crippen LogP contribution in [0.4, 0.5) is 0 Å². The highest BCUT2D eigenvalue weighted by Gasteiger charge is 2.31. The normalized spacial score (nSPS) is 21.3. The van der Waals surface area contributed by atoms with Crippen molar-refractivity contribution in [2.24, 2.45) is 10.9 Å². The third-order valence-electron chi connectivity index (χ3n) is 5.04. The fourth-order valence-electron chi connectivity index (χ4n) is 3.28. The Kier molecular flexibility index (Phi) is 8.92. The van der Waals surface area contributed by atoms with Gasteiger partial charge in [-0.15, -0.1) is 0 Å². The van der Waals surface area contributed by atoms with E-state index in [9.17, 15) is 0 Å². The number of ether oxygens (including phenoxy) is 1. The Hall–Kier alpha value is -1.59. The lowest BCUT2D eigenvalue weighted by Crippen LogP contribution is -2.47. The van der Waals surface area contributed by atoms with Crippen molar-refractivity contribution in [1.82, 2.24) is 15.5 Å². The molecule has 0 amide bonds. The van der Waals surface area contributed by atoms with E-state index >= 15 is 0 Å². The molecule has 1 aliphatic rings. The van der Waals surface area contributed by atoms with Crippen molar-refractivity contribution in [1.29, 1.82) is 0 Å². The third-order valence-corrected chi connectivity index (χ3v) is 5.04. The van der Waals surface area contributed by atoms with Crippen LogP contribution in [0.2, 0.25) is 0 Å². The molecule has 1 fully saturated rings. The molecule has 26 heavy (non-hydrogen) atoms. The Balaban J connectivity index is 1.56. The molecule has 0 bridgehead atoms. The lowest BCUT2D eigenvalue weighted by atomic mass is 10.1. The van der Waals surface area contributed by atoms with Crippen molar-refractivity contribution in [3.05, 3.63) is 35.9 Å². The van der Waals surface area contributed by atoms with E-state index < -0.39 is 0 Å². The van der Waals surface area contributed by atoms with Gasteiger partial charge in [0, 0.05) is 45.4 Å². The van der Waals surface area contributed by atoms with Gasteiger partial charge in [0.05, 0.1) is 6.61 Å². The van der Waals surface area contributed by atoms with E-state index in [1.165, 1.54) is 5.56 Å². The number of hydrogen-bond acceptors (Lipinski definition) is 3. The first-order valence-electron chi connectivity index (χ1n) is 9.93. The van der Waals surface area contributed by atoms with Crippen LogP contribution in [0.25, 0.3) is 0 Å². The molecule has 1 aliphatic heterocycles. The first-order valence-corrected chi connectivity index (χ1v) is 9.93. The van der Waals surface area contributed by atoms with Crippen LogP contribution >= 0.6 is 0 Å². The molecule has 2 unspecified atom stereocenters. The molecule has 0 radical (unpaired) electrons. The molecule has 1 aromatic rings. The number of aliphatic imine (C=N–C) groups is 1. The molecule has 1 aromatic carbocycles. The highest BCUT2D eigenvalue weighted by atomic mass is 16.5. The van der Waals surface area contributed by atoms with Crippen LogP contribution < -0.4 is 10.6 Å². The molecule has 2 rings (SSSR count). The van der Waals surface area contributed by atoms with Gasteiger partial charge in [-0.05, 0) is 38.2 Å². The number of unbranched alkanes of at least 4 members (excludes halogenated alkanes) is 1. The van der Waals surface area contributed by atoms with Crippen LogP contribution in [-0.2, 0) is 11.3 Å². The van der Waals surface area contributed by atoms with Gasteiger partial charge in [-0.3, -0.25) is 9.89 Å². The van der Waals surface area contributed by atoms with Crippen LogP contribution in [0.3, 0.4) is 0 Å². The summed E-state index contributed by atoms with van der Waals surface area (Å²) in [6, 6.07) is 11.4. The van der Waals surface area contributed by atoms with Gasteiger partial charge in [0.2, 0.25) is 0 Å². The third kappa shape index (κ3) is 6.96. The average Bonchev–Trinajstić information content (AvgIpc) is 3.01. The molecular formula is C21H36N4O. The highest BCUT2D eigenvalue weighted by Crippen LogP contribution is 2.18. The predicted molar refractivity (Wildman–Crippen MR) is 109 cm³/mol. The van der Waals surface area contributed by atoms with E-state index in [-0.39, 0.29) is 0 Å². The van der Waals surface area contributed by atoms with Crippen LogP contribution in [0.1, 0.15) is 39.2 Å². The van der Waals surface area contributed by atoms with E-state index in [4.69, 9.17) is 4.74 Å². The lowest BCUT2D eigenvalue weighted by Gasteiger charge is -2.22. The minimum absolute atomic E-state index is 0.470. The Bertz CT molecular complexity index is 532. The maximum Gasteiger partial charge on any atom is 0.191 e. The Morgan fingerprint density at radius 1 is 1.23 bits per heavy atom. The summed E-state index contributed by atoms with van der Waals surface area (Å²) in [5.41, 5.74) is 1.23. The SMILES string of the molecule is CN=C(NCCCCOCc1ccccc1)NC1CN(C(C)C)CC1C. The first kappa shape index (κ1) is 20.7. The summed E-state index contributed by atoms with van der Waals surface area (Å²) in [5.74, 6) is 1.56. The zero-order chi connectivity index (χ0) is 18.8. The minimum Gasteiger partial charge on any atom is -0.377 e. The molecular weight excluding hydrogens is 324 g/mol. The van der Waals surface area contributed by atoms with Crippen LogP contribution in [0.5, 0.6) is 0 Å². The van der Waals surface area contributed by atoms with Crippen molar-refractivity contribution in [3.8, 4) is 0 Å². The predicted octanol–water partition coefficient (Wildman–Crippen LogP) is 2.88. The number of hydrogen-bond donors (Lipinski definition) is 2. The highest BCUT2D eigenvalue weighted by molar-refractivity contribution is 5.80. The van der Waals surface area contributed by atoms with E-state index in [0.29, 0.717) is 24.6 Å². The molecule has 0 spiro atoms. The van der Waals surface area contributed by atoms with Gasteiger partial charge in [-0.2, -0.15) is 0 Å². The van der Waals surface area contributed by atoms with Crippen LogP contribution in [0.15, 0.2) is 35.3 Å². The van der Waals surface area contributed by atoms with Gasteiger partial charge >= 0.3 is 0 Å². The number of likely N-dealkylation sites (tertiary alicyclic amines) is 1. The zero-order valence-electron chi connectivity index (χ0n) is 16.9. The number of nitrogens with zero attached hydrogens (tertiary/aromatic N) is 2. The maximum absolute atomic E-state index is 5.73. The van der Waals surface area contributed by atoms with Gasteiger partial charge < -0.3 is 15.4 Å². The minimum atomic E-state index is 0.470. The van der Waals surface area contributed by atoms with Crippen molar-refractivity contribution in [2.75, 3.05) is 33.3 Å². The van der Waals surface area contributed by atoms with E-state index in [1.54, 1.807) is 0 Å². The molecule has 2 N–H and O–H groups in total. The van der Waals surface area contributed by atoms with Crippen molar-refractivity contribution in [3.63, 3.8) is 0 Å². The Morgan fingerprint density at radius 2 is 2.00 bits per heavy atom. The maximum atomic E-state index is 5.73. The van der Waals surface area contributed by atoms with Crippen LogP contribution in [0, 0.1) is 5.92 Å². The number of rotatable bonds is 9. The van der Waals surface area contributed by atoms with E-state index in [2.05, 4.69) is 53.4 Å². The quantitative estimate of drug-likeness (QED) is 0.404.